The number of rotatable bonds is 4. The highest BCUT2D eigenvalue weighted by molar-refractivity contribution is 7.22. The number of nitrogens with zero attached hydrogens (tertiary/aromatic N) is 2. The van der Waals surface area contributed by atoms with Crippen LogP contribution in [0.5, 0.6) is 5.75 Å². The van der Waals surface area contributed by atoms with E-state index in [4.69, 9.17) is 16.1 Å². The van der Waals surface area contributed by atoms with Gasteiger partial charge in [0.2, 0.25) is 5.96 Å². The molecule has 0 saturated carbocycles. The van der Waals surface area contributed by atoms with Gasteiger partial charge in [-0.3, -0.25) is 5.41 Å². The van der Waals surface area contributed by atoms with Gasteiger partial charge in [-0.25, -0.2) is 10.4 Å². The first kappa shape index (κ1) is 24.2. The number of aromatic hydroxyl groups is 1. The number of phenols is 1. The quantitative estimate of drug-likeness (QED) is 0.156. The molecule has 0 unspecified atom stereocenters. The minimum Gasteiger partial charge on any atom is -0.507 e. The molecule has 0 bridgehead atoms. The third kappa shape index (κ3) is 4.82. The highest BCUT2D eigenvalue weighted by Gasteiger charge is 2.15. The molecule has 162 valence electrons. The van der Waals surface area contributed by atoms with E-state index >= 15 is 0 Å². The third-order valence-corrected chi connectivity index (χ3v) is 5.73. The average molecular weight is 477 g/mol. The molecule has 1 heterocycles. The van der Waals surface area contributed by atoms with E-state index in [1.54, 1.807) is 0 Å². The summed E-state index contributed by atoms with van der Waals surface area (Å²) in [6.07, 6.45) is 0. The lowest BCUT2D eigenvalue weighted by Crippen LogP contribution is -2.26. The summed E-state index contributed by atoms with van der Waals surface area (Å²) in [6.45, 7) is 3.75. The van der Waals surface area contributed by atoms with Crippen LogP contribution >= 0.6 is 36.2 Å². The Kier molecular flexibility index (Phi) is 7.67. The topological polar surface area (TPSA) is 119 Å². The van der Waals surface area contributed by atoms with E-state index in [0.717, 1.165) is 42.9 Å². The first-order chi connectivity index (χ1) is 13.9. The number of hydrazone groups is 1. The fraction of sp³-hybridized carbons (Fsp3) is 0.0952. The molecule has 6 N–H and O–H groups in total. The van der Waals surface area contributed by atoms with Crippen LogP contribution in [0.25, 0.3) is 21.0 Å². The van der Waals surface area contributed by atoms with Crippen molar-refractivity contribution in [2.75, 3.05) is 5.32 Å². The number of guanidine groups is 1. The second-order valence-electron chi connectivity index (χ2n) is 6.64. The number of aryl methyl sites for hydroxylation is 1. The Morgan fingerprint density at radius 2 is 1.84 bits per heavy atom. The predicted octanol–water partition coefficient (Wildman–Crippen LogP) is 5.26. The van der Waals surface area contributed by atoms with Crippen LogP contribution < -0.4 is 16.5 Å². The number of hydrogen-bond donors (Lipinski definition) is 5. The van der Waals surface area contributed by atoms with Gasteiger partial charge in [0.1, 0.15) is 5.75 Å². The maximum atomic E-state index is 10.6. The molecule has 1 aromatic heterocycles. The van der Waals surface area contributed by atoms with Gasteiger partial charge in [0.05, 0.1) is 15.9 Å². The molecular weight excluding hydrogens is 455 g/mol. The zero-order valence-electron chi connectivity index (χ0n) is 16.8. The second-order valence-corrected chi connectivity index (χ2v) is 7.64. The number of nitrogens with one attached hydrogen (secondary N) is 3. The van der Waals surface area contributed by atoms with Gasteiger partial charge in [0.25, 0.3) is 0 Å². The van der Waals surface area contributed by atoms with Gasteiger partial charge in [-0.2, -0.15) is 5.10 Å². The standard InChI is InChI=1S/C21H20N6OS.2ClH/c1-11-18(28)16-9-4-3-8-15(16)17-19(11)29-21(25-17)24-14-7-5-6-13(10-14)12(2)26-27-20(22)23;;/h3-10,28H,1-2H3,(H,24,25)(H4,22,23,27);2*1H. The summed E-state index contributed by atoms with van der Waals surface area (Å²) in [6, 6.07) is 15.5. The molecule has 0 atom stereocenters. The van der Waals surface area contributed by atoms with Gasteiger partial charge in [-0.1, -0.05) is 47.7 Å². The summed E-state index contributed by atoms with van der Waals surface area (Å²) >= 11 is 1.51. The van der Waals surface area contributed by atoms with Crippen molar-refractivity contribution in [2.45, 2.75) is 13.8 Å². The van der Waals surface area contributed by atoms with Crippen molar-refractivity contribution in [3.8, 4) is 5.75 Å². The smallest absolute Gasteiger partial charge is 0.206 e. The van der Waals surface area contributed by atoms with Crippen molar-refractivity contribution in [2.24, 2.45) is 10.8 Å². The fourth-order valence-corrected chi connectivity index (χ4v) is 4.17. The first-order valence-electron chi connectivity index (χ1n) is 8.96. The number of nitrogens with two attached hydrogens (primary N) is 1. The SMILES string of the molecule is CC(=NNC(=N)N)c1cccc(Nc2nc3c(s2)c(C)c(O)c2ccccc23)c1.Cl.Cl. The Balaban J connectivity index is 0.00000171. The van der Waals surface area contributed by atoms with Crippen LogP contribution in [0.4, 0.5) is 10.8 Å². The highest BCUT2D eigenvalue weighted by Crippen LogP contribution is 2.41. The van der Waals surface area contributed by atoms with E-state index in [1.165, 1.54) is 11.3 Å². The van der Waals surface area contributed by atoms with E-state index in [-0.39, 0.29) is 30.8 Å². The van der Waals surface area contributed by atoms with Crippen LogP contribution in [0.3, 0.4) is 0 Å². The van der Waals surface area contributed by atoms with E-state index in [1.807, 2.05) is 62.4 Å². The molecule has 0 aliphatic heterocycles. The molecule has 0 aliphatic rings. The van der Waals surface area contributed by atoms with Crippen molar-refractivity contribution in [1.82, 2.24) is 10.4 Å². The molecule has 4 rings (SSSR count). The number of hydrogen-bond acceptors (Lipinski definition) is 6. The second kappa shape index (κ2) is 9.82. The number of fused-ring (bicyclic) bond motifs is 3. The number of phenolic OH excluding ortho intramolecular Hbond substituents is 1. The lowest BCUT2D eigenvalue weighted by Gasteiger charge is -2.06. The van der Waals surface area contributed by atoms with Crippen molar-refractivity contribution < 1.29 is 5.11 Å². The third-order valence-electron chi connectivity index (χ3n) is 4.64. The summed E-state index contributed by atoms with van der Waals surface area (Å²) in [5.41, 5.74) is 11.9. The van der Waals surface area contributed by atoms with Crippen LogP contribution in [0.2, 0.25) is 0 Å². The Bertz CT molecular complexity index is 1290. The van der Waals surface area contributed by atoms with Gasteiger partial charge < -0.3 is 16.2 Å². The molecule has 10 heteroatoms. The zero-order chi connectivity index (χ0) is 20.5. The summed E-state index contributed by atoms with van der Waals surface area (Å²) < 4.78 is 0.961. The monoisotopic (exact) mass is 476 g/mol. The lowest BCUT2D eigenvalue weighted by molar-refractivity contribution is 0.478. The van der Waals surface area contributed by atoms with E-state index in [0.29, 0.717) is 11.5 Å². The van der Waals surface area contributed by atoms with E-state index in [2.05, 4.69) is 15.8 Å². The average Bonchev–Trinajstić information content (AvgIpc) is 3.14. The first-order valence-corrected chi connectivity index (χ1v) is 9.78. The Morgan fingerprint density at radius 3 is 2.55 bits per heavy atom. The summed E-state index contributed by atoms with van der Waals surface area (Å²) in [5, 5.41) is 27.7. The Morgan fingerprint density at radius 1 is 1.13 bits per heavy atom. The van der Waals surface area contributed by atoms with Crippen molar-refractivity contribution in [3.63, 3.8) is 0 Å². The minimum atomic E-state index is -0.209. The molecular formula is C21H22Cl2N6OS. The number of anilines is 2. The highest BCUT2D eigenvalue weighted by atomic mass is 35.5. The lowest BCUT2D eigenvalue weighted by atomic mass is 10.0. The van der Waals surface area contributed by atoms with Crippen molar-refractivity contribution in [3.05, 3.63) is 59.7 Å². The number of aromatic nitrogens is 1. The zero-order valence-corrected chi connectivity index (χ0v) is 19.2. The molecule has 0 fully saturated rings. The minimum absolute atomic E-state index is 0. The molecule has 7 nitrogen and oxygen atoms in total. The molecule has 0 aliphatic carbocycles. The molecule has 0 saturated heterocycles. The largest absolute Gasteiger partial charge is 0.507 e. The van der Waals surface area contributed by atoms with Crippen LogP contribution in [0.15, 0.2) is 53.6 Å². The van der Waals surface area contributed by atoms with Crippen molar-refractivity contribution in [1.29, 1.82) is 5.41 Å². The molecule has 0 radical (unpaired) electrons. The summed E-state index contributed by atoms with van der Waals surface area (Å²) in [7, 11) is 0. The molecule has 31 heavy (non-hydrogen) atoms. The maximum absolute atomic E-state index is 10.6. The van der Waals surface area contributed by atoms with Crippen molar-refractivity contribution >= 4 is 79.6 Å². The number of halogens is 2. The fourth-order valence-electron chi connectivity index (χ4n) is 3.17. The van der Waals surface area contributed by atoms with Crippen LogP contribution in [0, 0.1) is 12.3 Å². The number of thiazole rings is 1. The van der Waals surface area contributed by atoms with Gasteiger partial charge in [0, 0.05) is 22.0 Å². The van der Waals surface area contributed by atoms with Crippen LogP contribution in [0.1, 0.15) is 18.1 Å². The van der Waals surface area contributed by atoms with E-state index in [9.17, 15) is 5.11 Å². The van der Waals surface area contributed by atoms with Gasteiger partial charge in [0.15, 0.2) is 5.13 Å². The molecule has 3 aromatic carbocycles. The predicted molar refractivity (Wildman–Crippen MR) is 135 cm³/mol. The summed E-state index contributed by atoms with van der Waals surface area (Å²) in [5.74, 6) is 0.0917. The molecule has 0 spiro atoms. The van der Waals surface area contributed by atoms with Crippen LogP contribution in [-0.2, 0) is 0 Å². The Hall–Kier alpha value is -3.07. The normalized spacial score (nSPS) is 11.0. The maximum Gasteiger partial charge on any atom is 0.206 e. The molecule has 4 aromatic rings. The van der Waals surface area contributed by atoms with E-state index < -0.39 is 0 Å². The van der Waals surface area contributed by atoms with Gasteiger partial charge in [-0.05, 0) is 31.5 Å². The Labute approximate surface area is 195 Å². The van der Waals surface area contributed by atoms with Gasteiger partial charge in [-0.15, -0.1) is 24.8 Å². The van der Waals surface area contributed by atoms with Crippen LogP contribution in [-0.4, -0.2) is 21.8 Å². The molecule has 0 amide bonds. The number of benzene rings is 3. The van der Waals surface area contributed by atoms with Gasteiger partial charge >= 0.3 is 0 Å². The summed E-state index contributed by atoms with van der Waals surface area (Å²) in [4.78, 5) is 4.78.